The zero-order valence-electron chi connectivity index (χ0n) is 11.3. The number of carboxylic acids is 1. The van der Waals surface area contributed by atoms with E-state index in [0.717, 1.165) is 18.8 Å². The van der Waals surface area contributed by atoms with Crippen LogP contribution in [-0.4, -0.2) is 24.2 Å². The second-order valence-corrected chi connectivity index (χ2v) is 6.09. The monoisotopic (exact) mass is 259 g/mol. The highest BCUT2D eigenvalue weighted by atomic mass is 16.4. The summed E-state index contributed by atoms with van der Waals surface area (Å²) in [5.41, 5.74) is 1.80. The topological polar surface area (TPSA) is 40.5 Å². The van der Waals surface area contributed by atoms with Gasteiger partial charge < -0.3 is 10.0 Å². The molecule has 102 valence electrons. The molecule has 1 aromatic carbocycles. The predicted octanol–water partition coefficient (Wildman–Crippen LogP) is 3.55. The van der Waals surface area contributed by atoms with Gasteiger partial charge in [-0.1, -0.05) is 37.8 Å². The molecule has 1 saturated carbocycles. The lowest BCUT2D eigenvalue weighted by molar-refractivity contribution is 0.0696. The molecule has 3 heteroatoms. The first-order chi connectivity index (χ1) is 9.20. The first-order valence-electron chi connectivity index (χ1n) is 7.28. The Hall–Kier alpha value is -1.51. The first-order valence-corrected chi connectivity index (χ1v) is 7.28. The van der Waals surface area contributed by atoms with Crippen LogP contribution in [0, 0.1) is 5.41 Å². The molecule has 0 atom stereocenters. The van der Waals surface area contributed by atoms with E-state index in [9.17, 15) is 9.90 Å². The molecule has 0 amide bonds. The van der Waals surface area contributed by atoms with Crippen LogP contribution in [0.25, 0.3) is 0 Å². The number of nitrogens with zero attached hydrogens (tertiary/aromatic N) is 1. The van der Waals surface area contributed by atoms with Gasteiger partial charge >= 0.3 is 5.97 Å². The van der Waals surface area contributed by atoms with Crippen molar-refractivity contribution in [3.8, 4) is 0 Å². The fourth-order valence-corrected chi connectivity index (χ4v) is 3.66. The van der Waals surface area contributed by atoms with Crippen LogP contribution in [0.4, 0.5) is 5.69 Å². The average molecular weight is 259 g/mol. The van der Waals surface area contributed by atoms with Gasteiger partial charge in [-0.25, -0.2) is 4.79 Å². The van der Waals surface area contributed by atoms with Gasteiger partial charge in [0.2, 0.25) is 0 Å². The van der Waals surface area contributed by atoms with Gasteiger partial charge in [0.25, 0.3) is 0 Å². The van der Waals surface area contributed by atoms with E-state index in [1.54, 1.807) is 12.1 Å². The smallest absolute Gasteiger partial charge is 0.337 e. The minimum absolute atomic E-state index is 0.436. The average Bonchev–Trinajstić information content (AvgIpc) is 2.62. The summed E-state index contributed by atoms with van der Waals surface area (Å²) in [7, 11) is 0. The summed E-state index contributed by atoms with van der Waals surface area (Å²) in [5.74, 6) is -0.822. The van der Waals surface area contributed by atoms with Crippen molar-refractivity contribution in [1.29, 1.82) is 0 Å². The zero-order chi connectivity index (χ0) is 13.3. The summed E-state index contributed by atoms with van der Waals surface area (Å²) in [6.45, 7) is 2.08. The fourth-order valence-electron chi connectivity index (χ4n) is 3.66. The molecule has 0 bridgehead atoms. The number of rotatable bonds is 2. The van der Waals surface area contributed by atoms with E-state index >= 15 is 0 Å². The molecule has 2 fully saturated rings. The third-order valence-electron chi connectivity index (χ3n) is 4.69. The molecule has 1 heterocycles. The lowest BCUT2D eigenvalue weighted by Gasteiger charge is -2.52. The molecule has 1 spiro atoms. The van der Waals surface area contributed by atoms with E-state index in [1.807, 2.05) is 12.1 Å². The van der Waals surface area contributed by atoms with E-state index < -0.39 is 5.97 Å². The molecular weight excluding hydrogens is 238 g/mol. The Kier molecular flexibility index (Phi) is 3.21. The van der Waals surface area contributed by atoms with E-state index in [4.69, 9.17) is 0 Å². The standard InChI is InChI=1S/C16H21NO2/c18-15(19)13-7-3-4-8-14(13)17-11-16(12-17)9-5-1-2-6-10-16/h3-4,7-8H,1-2,5-6,9-12H2,(H,18,19). The second-order valence-electron chi connectivity index (χ2n) is 6.09. The molecule has 2 aliphatic rings. The SMILES string of the molecule is O=C(O)c1ccccc1N1CC2(CCCCCC2)C1. The largest absolute Gasteiger partial charge is 0.478 e. The van der Waals surface area contributed by atoms with Gasteiger partial charge in [0, 0.05) is 18.5 Å². The third-order valence-corrected chi connectivity index (χ3v) is 4.69. The summed E-state index contributed by atoms with van der Waals surface area (Å²) in [6.07, 6.45) is 8.06. The van der Waals surface area contributed by atoms with Crippen molar-refractivity contribution in [2.75, 3.05) is 18.0 Å². The van der Waals surface area contributed by atoms with Crippen molar-refractivity contribution in [2.24, 2.45) is 5.41 Å². The lowest BCUT2D eigenvalue weighted by Crippen LogP contribution is -2.56. The highest BCUT2D eigenvalue weighted by molar-refractivity contribution is 5.94. The maximum absolute atomic E-state index is 11.3. The van der Waals surface area contributed by atoms with Crippen molar-refractivity contribution in [1.82, 2.24) is 0 Å². The summed E-state index contributed by atoms with van der Waals surface area (Å²) in [5, 5.41) is 9.25. The van der Waals surface area contributed by atoms with Crippen LogP contribution in [0.2, 0.25) is 0 Å². The Morgan fingerprint density at radius 1 is 1.05 bits per heavy atom. The van der Waals surface area contributed by atoms with Crippen LogP contribution in [0.1, 0.15) is 48.9 Å². The van der Waals surface area contributed by atoms with E-state index in [2.05, 4.69) is 4.90 Å². The number of carboxylic acid groups (broad SMARTS) is 1. The quantitative estimate of drug-likeness (QED) is 0.883. The summed E-state index contributed by atoms with van der Waals surface area (Å²) in [6, 6.07) is 7.37. The van der Waals surface area contributed by atoms with Crippen LogP contribution in [0.5, 0.6) is 0 Å². The van der Waals surface area contributed by atoms with Gasteiger partial charge in [-0.15, -0.1) is 0 Å². The molecule has 3 rings (SSSR count). The molecule has 0 radical (unpaired) electrons. The number of anilines is 1. The summed E-state index contributed by atoms with van der Waals surface area (Å²) in [4.78, 5) is 13.5. The summed E-state index contributed by atoms with van der Waals surface area (Å²) >= 11 is 0. The number of aromatic carboxylic acids is 1. The maximum atomic E-state index is 11.3. The molecule has 1 N–H and O–H groups in total. The van der Waals surface area contributed by atoms with E-state index in [1.165, 1.54) is 38.5 Å². The van der Waals surface area contributed by atoms with Crippen LogP contribution in [-0.2, 0) is 0 Å². The van der Waals surface area contributed by atoms with Crippen LogP contribution in [0.15, 0.2) is 24.3 Å². The highest BCUT2D eigenvalue weighted by Gasteiger charge is 2.43. The van der Waals surface area contributed by atoms with Crippen molar-refractivity contribution in [3.05, 3.63) is 29.8 Å². The van der Waals surface area contributed by atoms with E-state index in [0.29, 0.717) is 11.0 Å². The normalized spacial score (nSPS) is 21.8. The second kappa shape index (κ2) is 4.87. The highest BCUT2D eigenvalue weighted by Crippen LogP contribution is 2.45. The number of hydrogen-bond donors (Lipinski definition) is 1. The number of carbonyl (C=O) groups is 1. The van der Waals surface area contributed by atoms with Crippen molar-refractivity contribution in [2.45, 2.75) is 38.5 Å². The fraction of sp³-hybridized carbons (Fsp3) is 0.562. The molecule has 1 aromatic rings. The Balaban J connectivity index is 1.75. The molecule has 1 saturated heterocycles. The Morgan fingerprint density at radius 3 is 2.32 bits per heavy atom. The molecule has 19 heavy (non-hydrogen) atoms. The molecule has 3 nitrogen and oxygen atoms in total. The zero-order valence-corrected chi connectivity index (χ0v) is 11.3. The van der Waals surface area contributed by atoms with E-state index in [-0.39, 0.29) is 0 Å². The molecule has 1 aliphatic carbocycles. The minimum atomic E-state index is -0.822. The van der Waals surface area contributed by atoms with Gasteiger partial charge in [0.15, 0.2) is 0 Å². The molecule has 1 aliphatic heterocycles. The third kappa shape index (κ3) is 2.34. The predicted molar refractivity (Wildman–Crippen MR) is 75.7 cm³/mol. The summed E-state index contributed by atoms with van der Waals surface area (Å²) < 4.78 is 0. The Labute approximate surface area is 114 Å². The molecular formula is C16H21NO2. The van der Waals surface area contributed by atoms with Crippen molar-refractivity contribution >= 4 is 11.7 Å². The van der Waals surface area contributed by atoms with Crippen molar-refractivity contribution < 1.29 is 9.90 Å². The molecule has 0 aromatic heterocycles. The first kappa shape index (κ1) is 12.5. The Morgan fingerprint density at radius 2 is 1.68 bits per heavy atom. The van der Waals surface area contributed by atoms with Crippen molar-refractivity contribution in [3.63, 3.8) is 0 Å². The van der Waals surface area contributed by atoms with Gasteiger partial charge in [-0.2, -0.15) is 0 Å². The van der Waals surface area contributed by atoms with Gasteiger partial charge in [-0.3, -0.25) is 0 Å². The van der Waals surface area contributed by atoms with Crippen LogP contribution < -0.4 is 4.90 Å². The minimum Gasteiger partial charge on any atom is -0.478 e. The number of hydrogen-bond acceptors (Lipinski definition) is 2. The van der Waals surface area contributed by atoms with Gasteiger partial charge in [0.05, 0.1) is 11.3 Å². The number of benzene rings is 1. The van der Waals surface area contributed by atoms with Gasteiger partial charge in [-0.05, 0) is 25.0 Å². The van der Waals surface area contributed by atoms with Crippen LogP contribution in [0.3, 0.4) is 0 Å². The van der Waals surface area contributed by atoms with Gasteiger partial charge in [0.1, 0.15) is 0 Å². The molecule has 0 unspecified atom stereocenters. The Bertz CT molecular complexity index is 467. The lowest BCUT2D eigenvalue weighted by atomic mass is 9.73. The van der Waals surface area contributed by atoms with Crippen LogP contribution >= 0.6 is 0 Å². The number of para-hydroxylation sites is 1. The maximum Gasteiger partial charge on any atom is 0.337 e.